The third kappa shape index (κ3) is 5.06. The molecular weight excluding hydrogens is 380 g/mol. The molecule has 30 heavy (non-hydrogen) atoms. The van der Waals surface area contributed by atoms with E-state index in [2.05, 4.69) is 52.0 Å². The van der Waals surface area contributed by atoms with Crippen LogP contribution in [-0.2, 0) is 12.5 Å². The number of hydrogen-bond acceptors (Lipinski definition) is 8. The minimum atomic E-state index is -0.0334. The first kappa shape index (κ1) is 21.0. The van der Waals surface area contributed by atoms with Gasteiger partial charge >= 0.3 is 6.01 Å². The number of hydrogen-bond donors (Lipinski definition) is 0. The van der Waals surface area contributed by atoms with Crippen molar-refractivity contribution < 1.29 is 4.74 Å². The lowest BCUT2D eigenvalue weighted by Crippen LogP contribution is -2.47. The van der Waals surface area contributed by atoms with Crippen LogP contribution in [0.2, 0.25) is 0 Å². The summed E-state index contributed by atoms with van der Waals surface area (Å²) < 4.78 is 5.55. The molecule has 0 atom stereocenters. The van der Waals surface area contributed by atoms with Gasteiger partial charge in [-0.25, -0.2) is 9.97 Å². The topological polar surface area (TPSA) is 85.1 Å². The van der Waals surface area contributed by atoms with E-state index < -0.39 is 0 Å². The maximum Gasteiger partial charge on any atom is 0.356 e. The Morgan fingerprint density at radius 3 is 2.47 bits per heavy atom. The van der Waals surface area contributed by atoms with Gasteiger partial charge in [0.2, 0.25) is 0 Å². The predicted molar refractivity (Wildman–Crippen MR) is 115 cm³/mol. The Hall–Kier alpha value is -2.29. The number of ether oxygens (including phenoxy) is 1. The van der Waals surface area contributed by atoms with Crippen LogP contribution in [-0.4, -0.2) is 74.4 Å². The summed E-state index contributed by atoms with van der Waals surface area (Å²) in [6.07, 6.45) is 4.80. The van der Waals surface area contributed by atoms with E-state index in [0.29, 0.717) is 18.5 Å². The van der Waals surface area contributed by atoms with Gasteiger partial charge in [-0.05, 0) is 24.5 Å². The Kier molecular flexibility index (Phi) is 6.17. The lowest BCUT2D eigenvalue weighted by atomic mass is 9.82. The van der Waals surface area contributed by atoms with Crippen molar-refractivity contribution in [1.82, 2.24) is 35.1 Å². The van der Waals surface area contributed by atoms with Crippen LogP contribution in [0.15, 0.2) is 6.07 Å². The summed E-state index contributed by atoms with van der Waals surface area (Å²) in [5, 5.41) is 11.7. The second kappa shape index (κ2) is 8.83. The van der Waals surface area contributed by atoms with E-state index >= 15 is 0 Å². The molecule has 2 aliphatic rings. The van der Waals surface area contributed by atoms with E-state index in [1.165, 1.54) is 29.8 Å². The third-order valence-electron chi connectivity index (χ3n) is 5.96. The van der Waals surface area contributed by atoms with Gasteiger partial charge in [0.25, 0.3) is 0 Å². The molecule has 0 bridgehead atoms. The normalized spacial score (nSPS) is 18.5. The third-order valence-corrected chi connectivity index (χ3v) is 5.96. The molecule has 1 saturated heterocycles. The summed E-state index contributed by atoms with van der Waals surface area (Å²) in [7, 11) is 1.73. The van der Waals surface area contributed by atoms with Gasteiger partial charge in [-0.3, -0.25) is 4.90 Å². The first-order valence-corrected chi connectivity index (χ1v) is 11.1. The Morgan fingerprint density at radius 1 is 1.10 bits per heavy atom. The van der Waals surface area contributed by atoms with Crippen molar-refractivity contribution in [2.24, 2.45) is 7.05 Å². The van der Waals surface area contributed by atoms with Crippen LogP contribution in [0.5, 0.6) is 6.01 Å². The van der Waals surface area contributed by atoms with Gasteiger partial charge in [-0.1, -0.05) is 37.4 Å². The van der Waals surface area contributed by atoms with Crippen LogP contribution in [0, 0.1) is 0 Å². The Labute approximate surface area is 178 Å². The number of nitrogens with zero attached hydrogens (tertiary/aromatic N) is 8. The number of tetrazole rings is 1. The van der Waals surface area contributed by atoms with E-state index in [9.17, 15) is 0 Å². The van der Waals surface area contributed by atoms with Gasteiger partial charge in [0.05, 0.1) is 13.7 Å². The highest BCUT2D eigenvalue weighted by atomic mass is 16.5. The quantitative estimate of drug-likeness (QED) is 0.637. The maximum absolute atomic E-state index is 5.55. The molecule has 0 amide bonds. The summed E-state index contributed by atoms with van der Waals surface area (Å²) in [5.74, 6) is 2.70. The molecule has 3 heterocycles. The summed E-state index contributed by atoms with van der Waals surface area (Å²) in [6, 6.07) is 2.60. The summed E-state index contributed by atoms with van der Waals surface area (Å²) in [6.45, 7) is 12.3. The molecule has 0 N–H and O–H groups in total. The maximum atomic E-state index is 5.55. The fourth-order valence-electron chi connectivity index (χ4n) is 3.84. The average molecular weight is 415 g/mol. The van der Waals surface area contributed by atoms with Gasteiger partial charge in [0.15, 0.2) is 0 Å². The molecule has 9 heteroatoms. The fourth-order valence-corrected chi connectivity index (χ4v) is 3.84. The molecule has 0 spiro atoms. The van der Waals surface area contributed by atoms with Gasteiger partial charge in [-0.2, -0.15) is 4.80 Å². The zero-order valence-electron chi connectivity index (χ0n) is 18.7. The van der Waals surface area contributed by atoms with Crippen molar-refractivity contribution in [3.05, 3.63) is 17.6 Å². The van der Waals surface area contributed by atoms with Crippen molar-refractivity contribution in [1.29, 1.82) is 0 Å². The van der Waals surface area contributed by atoms with Crippen LogP contribution in [0.4, 0.5) is 5.82 Å². The van der Waals surface area contributed by atoms with E-state index in [1.807, 2.05) is 0 Å². The molecule has 1 saturated carbocycles. The second-order valence-corrected chi connectivity index (χ2v) is 9.44. The minimum Gasteiger partial charge on any atom is -0.461 e. The molecule has 2 fully saturated rings. The molecule has 164 valence electrons. The van der Waals surface area contributed by atoms with E-state index in [0.717, 1.165) is 50.8 Å². The lowest BCUT2D eigenvalue weighted by Gasteiger charge is -2.36. The molecule has 0 aromatic carbocycles. The molecule has 4 rings (SSSR count). The first-order chi connectivity index (χ1) is 14.4. The van der Waals surface area contributed by atoms with Crippen molar-refractivity contribution in [2.75, 3.05) is 44.2 Å². The van der Waals surface area contributed by atoms with Crippen molar-refractivity contribution >= 4 is 5.82 Å². The highest BCUT2D eigenvalue weighted by Gasteiger charge is 2.27. The molecule has 0 unspecified atom stereocenters. The van der Waals surface area contributed by atoms with Gasteiger partial charge in [0.1, 0.15) is 11.6 Å². The largest absolute Gasteiger partial charge is 0.461 e. The van der Waals surface area contributed by atoms with Gasteiger partial charge in [0, 0.05) is 55.8 Å². The van der Waals surface area contributed by atoms with Crippen LogP contribution in [0.25, 0.3) is 0 Å². The molecule has 2 aromatic rings. The number of piperazine rings is 1. The summed E-state index contributed by atoms with van der Waals surface area (Å²) in [5.41, 5.74) is 1.21. The zero-order chi connectivity index (χ0) is 21.1. The van der Waals surface area contributed by atoms with E-state index in [1.54, 1.807) is 7.05 Å². The molecular formula is C21H34N8O. The van der Waals surface area contributed by atoms with Crippen LogP contribution >= 0.6 is 0 Å². The number of anilines is 1. The molecule has 9 nitrogen and oxygen atoms in total. The fraction of sp³-hybridized carbons (Fsp3) is 0.762. The highest BCUT2D eigenvalue weighted by molar-refractivity contribution is 5.42. The van der Waals surface area contributed by atoms with Gasteiger partial charge in [-0.15, -0.1) is 0 Å². The molecule has 2 aromatic heterocycles. The first-order valence-electron chi connectivity index (χ1n) is 11.1. The van der Waals surface area contributed by atoms with Crippen LogP contribution < -0.4 is 9.64 Å². The highest BCUT2D eigenvalue weighted by Crippen LogP contribution is 2.37. The summed E-state index contributed by atoms with van der Waals surface area (Å²) >= 11 is 0. The Bertz CT molecular complexity index is 834. The smallest absolute Gasteiger partial charge is 0.356 e. The average Bonchev–Trinajstić information content (AvgIpc) is 3.09. The molecule has 1 aliphatic heterocycles. The summed E-state index contributed by atoms with van der Waals surface area (Å²) in [4.78, 5) is 16.2. The van der Waals surface area contributed by atoms with E-state index in [4.69, 9.17) is 14.7 Å². The number of aromatic nitrogens is 6. The number of aryl methyl sites for hydroxylation is 1. The van der Waals surface area contributed by atoms with Crippen LogP contribution in [0.3, 0.4) is 0 Å². The second-order valence-electron chi connectivity index (χ2n) is 9.44. The van der Waals surface area contributed by atoms with Crippen molar-refractivity contribution in [3.8, 4) is 6.01 Å². The number of rotatable bonds is 7. The predicted octanol–water partition coefficient (Wildman–Crippen LogP) is 2.16. The van der Waals surface area contributed by atoms with Crippen molar-refractivity contribution in [2.45, 2.75) is 57.8 Å². The lowest BCUT2D eigenvalue weighted by molar-refractivity contribution is 0.217. The zero-order valence-corrected chi connectivity index (χ0v) is 18.7. The van der Waals surface area contributed by atoms with Gasteiger partial charge < -0.3 is 9.64 Å². The standard InChI is InChI=1S/C21H34N8O/c1-21(2,3)19-22-17(16-7-5-8-16)15-18(23-19)29-12-10-28(11-13-29)9-6-14-30-20-24-26-27(4)25-20/h15-16H,5-14H2,1-4H3. The molecule has 1 aliphatic carbocycles. The van der Waals surface area contributed by atoms with Crippen molar-refractivity contribution in [3.63, 3.8) is 0 Å². The minimum absolute atomic E-state index is 0.0334. The Morgan fingerprint density at radius 2 is 1.87 bits per heavy atom. The van der Waals surface area contributed by atoms with E-state index in [-0.39, 0.29) is 5.41 Å². The SMILES string of the molecule is Cn1nnc(OCCCN2CCN(c3cc(C4CCC4)nc(C(C)(C)C)n3)CC2)n1. The van der Waals surface area contributed by atoms with Crippen LogP contribution in [0.1, 0.15) is 63.9 Å². The monoisotopic (exact) mass is 414 g/mol. The molecule has 0 radical (unpaired) electrons. The Balaban J connectivity index is 1.30.